The number of hydrogen-bond acceptors (Lipinski definition) is 4. The number of nitrogens with zero attached hydrogens (tertiary/aromatic N) is 1. The second-order valence-electron chi connectivity index (χ2n) is 3.38. The van der Waals surface area contributed by atoms with E-state index in [-0.39, 0.29) is 30.0 Å². The van der Waals surface area contributed by atoms with E-state index >= 15 is 0 Å². The Labute approximate surface area is 87.3 Å². The van der Waals surface area contributed by atoms with Gasteiger partial charge in [-0.25, -0.2) is 4.98 Å². The minimum atomic E-state index is -0.141. The van der Waals surface area contributed by atoms with Crippen LogP contribution < -0.4 is 17.0 Å². The molecule has 1 aliphatic carbocycles. The Morgan fingerprint density at radius 2 is 2.21 bits per heavy atom. The lowest BCUT2D eigenvalue weighted by Gasteiger charge is -2.19. The number of H-pyrrole nitrogens is 1. The highest BCUT2D eigenvalue weighted by Crippen LogP contribution is 2.15. The highest BCUT2D eigenvalue weighted by atomic mass is 35.5. The Hall–Kier alpha value is -1.07. The minimum Gasteiger partial charge on any atom is -0.369 e. The standard InChI is InChI=1S/C8H12N4O.ClH/c9-4-1-2-6-5(3-4)7(13)12-8(10)11-6;/h4H,1-3,9H2,(H3,10,11,12,13);1H. The fourth-order valence-electron chi connectivity index (χ4n) is 1.67. The first-order valence-corrected chi connectivity index (χ1v) is 4.30. The summed E-state index contributed by atoms with van der Waals surface area (Å²) in [6.45, 7) is 0. The average molecular weight is 217 g/mol. The lowest BCUT2D eigenvalue weighted by molar-refractivity contribution is 0.561. The maximum Gasteiger partial charge on any atom is 0.255 e. The highest BCUT2D eigenvalue weighted by molar-refractivity contribution is 5.85. The van der Waals surface area contributed by atoms with Gasteiger partial charge in [0.25, 0.3) is 5.56 Å². The van der Waals surface area contributed by atoms with Gasteiger partial charge in [-0.15, -0.1) is 12.4 Å². The topological polar surface area (TPSA) is 97.8 Å². The van der Waals surface area contributed by atoms with Crippen LogP contribution in [0.5, 0.6) is 0 Å². The van der Waals surface area contributed by atoms with Gasteiger partial charge < -0.3 is 11.5 Å². The van der Waals surface area contributed by atoms with Gasteiger partial charge in [0.15, 0.2) is 0 Å². The van der Waals surface area contributed by atoms with Crippen molar-refractivity contribution in [1.82, 2.24) is 9.97 Å². The van der Waals surface area contributed by atoms with Crippen LogP contribution >= 0.6 is 12.4 Å². The normalized spacial score (nSPS) is 19.6. The van der Waals surface area contributed by atoms with Gasteiger partial charge in [0, 0.05) is 11.6 Å². The number of nitrogens with two attached hydrogens (primary N) is 2. The summed E-state index contributed by atoms with van der Waals surface area (Å²) in [5, 5.41) is 0. The van der Waals surface area contributed by atoms with E-state index in [4.69, 9.17) is 11.5 Å². The van der Waals surface area contributed by atoms with Crippen LogP contribution in [0.15, 0.2) is 4.79 Å². The molecule has 1 aromatic rings. The molecule has 1 aromatic heterocycles. The van der Waals surface area contributed by atoms with Crippen molar-refractivity contribution in [2.24, 2.45) is 5.73 Å². The molecule has 1 aliphatic rings. The average Bonchev–Trinajstić information content (AvgIpc) is 2.06. The van der Waals surface area contributed by atoms with Gasteiger partial charge >= 0.3 is 0 Å². The summed E-state index contributed by atoms with van der Waals surface area (Å²) in [5.41, 5.74) is 12.5. The molecular formula is C8H13ClN4O. The minimum absolute atomic E-state index is 0. The summed E-state index contributed by atoms with van der Waals surface area (Å²) in [5.74, 6) is 0.194. The van der Waals surface area contributed by atoms with Crippen LogP contribution in [-0.4, -0.2) is 16.0 Å². The zero-order valence-electron chi connectivity index (χ0n) is 7.62. The largest absolute Gasteiger partial charge is 0.369 e. The van der Waals surface area contributed by atoms with Gasteiger partial charge in [0.05, 0.1) is 5.69 Å². The molecule has 2 rings (SSSR count). The van der Waals surface area contributed by atoms with Gasteiger partial charge in [0.1, 0.15) is 0 Å². The van der Waals surface area contributed by atoms with Crippen molar-refractivity contribution in [3.63, 3.8) is 0 Å². The van der Waals surface area contributed by atoms with Crippen molar-refractivity contribution in [2.75, 3.05) is 5.73 Å². The summed E-state index contributed by atoms with van der Waals surface area (Å²) >= 11 is 0. The van der Waals surface area contributed by atoms with Gasteiger partial charge in [0.2, 0.25) is 5.95 Å². The third kappa shape index (κ3) is 1.88. The first-order valence-electron chi connectivity index (χ1n) is 4.30. The van der Waals surface area contributed by atoms with Crippen LogP contribution in [-0.2, 0) is 12.8 Å². The number of aromatic amines is 1. The van der Waals surface area contributed by atoms with E-state index in [1.807, 2.05) is 0 Å². The van der Waals surface area contributed by atoms with Gasteiger partial charge in [-0.1, -0.05) is 0 Å². The second kappa shape index (κ2) is 3.98. The quantitative estimate of drug-likeness (QED) is 0.549. The Morgan fingerprint density at radius 1 is 1.50 bits per heavy atom. The van der Waals surface area contributed by atoms with E-state index < -0.39 is 0 Å². The lowest BCUT2D eigenvalue weighted by Crippen LogP contribution is -2.33. The van der Waals surface area contributed by atoms with Crippen molar-refractivity contribution >= 4 is 18.4 Å². The smallest absolute Gasteiger partial charge is 0.255 e. The zero-order valence-corrected chi connectivity index (χ0v) is 8.43. The number of halogens is 1. The van der Waals surface area contributed by atoms with Gasteiger partial charge in [-0.2, -0.15) is 0 Å². The molecule has 5 nitrogen and oxygen atoms in total. The van der Waals surface area contributed by atoms with Crippen LogP contribution in [0.25, 0.3) is 0 Å². The molecule has 14 heavy (non-hydrogen) atoms. The first kappa shape index (κ1) is 11.0. The summed E-state index contributed by atoms with van der Waals surface area (Å²) in [4.78, 5) is 17.9. The number of nitrogens with one attached hydrogen (secondary N) is 1. The fourth-order valence-corrected chi connectivity index (χ4v) is 1.67. The third-order valence-electron chi connectivity index (χ3n) is 2.34. The molecule has 0 fully saturated rings. The van der Waals surface area contributed by atoms with Gasteiger partial charge in [-0.3, -0.25) is 9.78 Å². The molecule has 0 aromatic carbocycles. The summed E-state index contributed by atoms with van der Waals surface area (Å²) < 4.78 is 0. The molecule has 0 saturated carbocycles. The third-order valence-corrected chi connectivity index (χ3v) is 2.34. The molecule has 1 heterocycles. The van der Waals surface area contributed by atoms with Crippen molar-refractivity contribution < 1.29 is 0 Å². The Bertz CT molecular complexity index is 389. The Kier molecular flexibility index (Phi) is 3.13. The molecule has 1 atom stereocenters. The number of aryl methyl sites for hydroxylation is 1. The number of rotatable bonds is 0. The predicted octanol–water partition coefficient (Wildman–Crippen LogP) is -0.410. The molecule has 0 bridgehead atoms. The maximum absolute atomic E-state index is 11.4. The first-order chi connectivity index (χ1) is 6.16. The van der Waals surface area contributed by atoms with Crippen molar-refractivity contribution in [3.05, 3.63) is 21.6 Å². The number of hydrogen-bond donors (Lipinski definition) is 3. The summed E-state index contributed by atoms with van der Waals surface area (Å²) in [7, 11) is 0. The van der Waals surface area contributed by atoms with Gasteiger partial charge in [-0.05, 0) is 19.3 Å². The molecule has 6 heteroatoms. The SMILES string of the molecule is Cl.Nc1nc2c(c(=O)[nH]1)CC(N)CC2. The molecule has 0 radical (unpaired) electrons. The molecule has 0 saturated heterocycles. The van der Waals surface area contributed by atoms with Crippen molar-refractivity contribution in [1.29, 1.82) is 0 Å². The van der Waals surface area contributed by atoms with Crippen LogP contribution in [0.1, 0.15) is 17.7 Å². The number of anilines is 1. The van der Waals surface area contributed by atoms with Crippen LogP contribution in [0.4, 0.5) is 5.95 Å². The molecule has 5 N–H and O–H groups in total. The monoisotopic (exact) mass is 216 g/mol. The molecular weight excluding hydrogens is 204 g/mol. The Morgan fingerprint density at radius 3 is 2.93 bits per heavy atom. The highest BCUT2D eigenvalue weighted by Gasteiger charge is 2.19. The summed E-state index contributed by atoms with van der Waals surface area (Å²) in [6, 6.07) is 0.0824. The maximum atomic E-state index is 11.4. The Balaban J connectivity index is 0.000000980. The number of nitrogen functional groups attached to an aromatic ring is 1. The second-order valence-corrected chi connectivity index (χ2v) is 3.38. The van der Waals surface area contributed by atoms with E-state index in [1.54, 1.807) is 0 Å². The van der Waals surface area contributed by atoms with E-state index in [1.165, 1.54) is 0 Å². The van der Waals surface area contributed by atoms with E-state index in [0.29, 0.717) is 12.0 Å². The van der Waals surface area contributed by atoms with Crippen LogP contribution in [0, 0.1) is 0 Å². The molecule has 0 amide bonds. The van der Waals surface area contributed by atoms with Crippen LogP contribution in [0.3, 0.4) is 0 Å². The molecule has 1 unspecified atom stereocenters. The molecule has 78 valence electrons. The fraction of sp³-hybridized carbons (Fsp3) is 0.500. The molecule has 0 spiro atoms. The van der Waals surface area contributed by atoms with E-state index in [0.717, 1.165) is 18.5 Å². The molecule has 0 aliphatic heterocycles. The van der Waals surface area contributed by atoms with E-state index in [2.05, 4.69) is 9.97 Å². The predicted molar refractivity (Wildman–Crippen MR) is 56.5 cm³/mol. The lowest BCUT2D eigenvalue weighted by atomic mass is 9.93. The van der Waals surface area contributed by atoms with Crippen molar-refractivity contribution in [3.8, 4) is 0 Å². The van der Waals surface area contributed by atoms with Crippen LogP contribution in [0.2, 0.25) is 0 Å². The number of fused-ring (bicyclic) bond motifs is 1. The number of aromatic nitrogens is 2. The van der Waals surface area contributed by atoms with E-state index in [9.17, 15) is 4.79 Å². The van der Waals surface area contributed by atoms with Crippen molar-refractivity contribution in [2.45, 2.75) is 25.3 Å². The zero-order chi connectivity index (χ0) is 9.42. The summed E-state index contributed by atoms with van der Waals surface area (Å²) in [6.07, 6.45) is 2.24.